The molecule has 0 saturated carbocycles. The molecule has 156 valence electrons. The number of rotatable bonds is 8. The zero-order chi connectivity index (χ0) is 20.7. The van der Waals surface area contributed by atoms with Crippen molar-refractivity contribution in [3.8, 4) is 5.75 Å². The number of carbonyl (C=O) groups is 1. The van der Waals surface area contributed by atoms with E-state index in [0.29, 0.717) is 50.8 Å². The van der Waals surface area contributed by atoms with Gasteiger partial charge in [-0.2, -0.15) is 0 Å². The summed E-state index contributed by atoms with van der Waals surface area (Å²) < 4.78 is 37.1. The summed E-state index contributed by atoms with van der Waals surface area (Å²) in [6.07, 6.45) is 3.39. The van der Waals surface area contributed by atoms with E-state index in [1.54, 1.807) is 35.4 Å². The lowest BCUT2D eigenvalue weighted by Gasteiger charge is -2.30. The number of hydrogen-bond donors (Lipinski definition) is 0. The Bertz CT molecular complexity index is 915. The van der Waals surface area contributed by atoms with Crippen molar-refractivity contribution in [3.63, 3.8) is 0 Å². The van der Waals surface area contributed by atoms with Gasteiger partial charge in [0.1, 0.15) is 12.3 Å². The zero-order valence-corrected chi connectivity index (χ0v) is 17.2. The normalized spacial score (nSPS) is 14.4. The Labute approximate surface area is 171 Å². The second-order valence-electron chi connectivity index (χ2n) is 6.65. The lowest BCUT2D eigenvalue weighted by molar-refractivity contribution is -0.133. The van der Waals surface area contributed by atoms with Gasteiger partial charge >= 0.3 is 0 Å². The molecule has 0 N–H and O–H groups in total. The second kappa shape index (κ2) is 9.71. The predicted molar refractivity (Wildman–Crippen MR) is 109 cm³/mol. The fraction of sp³-hybridized carbons (Fsp3) is 0.400. The number of sulfonamides is 1. The van der Waals surface area contributed by atoms with Crippen LogP contribution >= 0.6 is 0 Å². The highest BCUT2D eigenvalue weighted by Crippen LogP contribution is 2.30. The summed E-state index contributed by atoms with van der Waals surface area (Å²) >= 11 is 0. The van der Waals surface area contributed by atoms with Crippen molar-refractivity contribution >= 4 is 21.6 Å². The molecule has 1 aliphatic heterocycles. The van der Waals surface area contributed by atoms with Crippen molar-refractivity contribution in [2.45, 2.75) is 6.42 Å². The lowest BCUT2D eigenvalue weighted by Crippen LogP contribution is -2.47. The predicted octanol–water partition coefficient (Wildman–Crippen LogP) is 1.33. The maximum absolute atomic E-state index is 12.7. The molecule has 0 unspecified atom stereocenters. The van der Waals surface area contributed by atoms with Gasteiger partial charge in [-0.05, 0) is 24.3 Å². The molecule has 29 heavy (non-hydrogen) atoms. The van der Waals surface area contributed by atoms with E-state index in [2.05, 4.69) is 4.98 Å². The Balaban J connectivity index is 1.74. The minimum atomic E-state index is -3.69. The standard InChI is InChI=1S/C20H25N3O5S/c1-29(25,26)23(16-20(24)22-11-14-27-15-12-22)18-7-2-3-8-19(18)28-13-9-17-6-4-5-10-21-17/h2-8,10H,9,11-16H2,1H3. The number of nitrogens with zero attached hydrogens (tertiary/aromatic N) is 3. The summed E-state index contributed by atoms with van der Waals surface area (Å²) in [6.45, 7) is 1.88. The Morgan fingerprint density at radius 3 is 2.59 bits per heavy atom. The van der Waals surface area contributed by atoms with E-state index in [0.717, 1.165) is 16.3 Å². The first-order valence-corrected chi connectivity index (χ1v) is 11.2. The smallest absolute Gasteiger partial charge is 0.243 e. The van der Waals surface area contributed by atoms with Crippen LogP contribution in [-0.2, 0) is 26.0 Å². The van der Waals surface area contributed by atoms with Crippen LogP contribution in [-0.4, -0.2) is 69.9 Å². The van der Waals surface area contributed by atoms with Gasteiger partial charge in [0.2, 0.25) is 15.9 Å². The fourth-order valence-corrected chi connectivity index (χ4v) is 3.87. The summed E-state index contributed by atoms with van der Waals surface area (Å²) in [6, 6.07) is 12.5. The molecule has 1 fully saturated rings. The highest BCUT2D eigenvalue weighted by Gasteiger charge is 2.27. The minimum Gasteiger partial charge on any atom is -0.491 e. The van der Waals surface area contributed by atoms with Crippen LogP contribution in [0.15, 0.2) is 48.7 Å². The van der Waals surface area contributed by atoms with Crippen LogP contribution in [0.5, 0.6) is 5.75 Å². The molecule has 1 aliphatic rings. The topological polar surface area (TPSA) is 89.0 Å². The molecular formula is C20H25N3O5S. The first-order valence-electron chi connectivity index (χ1n) is 9.40. The average molecular weight is 420 g/mol. The number of ether oxygens (including phenoxy) is 2. The number of benzene rings is 1. The number of amides is 1. The Morgan fingerprint density at radius 1 is 1.17 bits per heavy atom. The molecule has 0 spiro atoms. The van der Waals surface area contributed by atoms with Crippen molar-refractivity contribution in [1.82, 2.24) is 9.88 Å². The molecule has 2 aromatic rings. The van der Waals surface area contributed by atoms with Crippen LogP contribution < -0.4 is 9.04 Å². The summed E-state index contributed by atoms with van der Waals surface area (Å²) in [5, 5.41) is 0. The third-order valence-electron chi connectivity index (χ3n) is 4.52. The highest BCUT2D eigenvalue weighted by atomic mass is 32.2. The average Bonchev–Trinajstić information content (AvgIpc) is 2.73. The number of para-hydroxylation sites is 2. The van der Waals surface area contributed by atoms with Crippen LogP contribution in [0, 0.1) is 0 Å². The van der Waals surface area contributed by atoms with E-state index in [4.69, 9.17) is 9.47 Å². The quantitative estimate of drug-likeness (QED) is 0.641. The van der Waals surface area contributed by atoms with Gasteiger partial charge in [0.25, 0.3) is 0 Å². The van der Waals surface area contributed by atoms with Crippen LogP contribution in [0.25, 0.3) is 0 Å². The van der Waals surface area contributed by atoms with Crippen LogP contribution in [0.1, 0.15) is 5.69 Å². The number of anilines is 1. The van der Waals surface area contributed by atoms with Crippen molar-refractivity contribution < 1.29 is 22.7 Å². The Morgan fingerprint density at radius 2 is 1.90 bits per heavy atom. The molecule has 0 atom stereocenters. The Kier molecular flexibility index (Phi) is 7.05. The molecule has 9 heteroatoms. The number of carbonyl (C=O) groups excluding carboxylic acids is 1. The van der Waals surface area contributed by atoms with Gasteiger partial charge in [-0.25, -0.2) is 8.42 Å². The zero-order valence-electron chi connectivity index (χ0n) is 16.4. The molecule has 0 radical (unpaired) electrons. The van der Waals surface area contributed by atoms with Gasteiger partial charge in [-0.3, -0.25) is 14.1 Å². The van der Waals surface area contributed by atoms with Gasteiger partial charge in [0, 0.05) is 31.4 Å². The van der Waals surface area contributed by atoms with E-state index < -0.39 is 10.0 Å². The van der Waals surface area contributed by atoms with E-state index >= 15 is 0 Å². The van der Waals surface area contributed by atoms with Crippen molar-refractivity contribution in [3.05, 3.63) is 54.4 Å². The number of aromatic nitrogens is 1. The van der Waals surface area contributed by atoms with Crippen LogP contribution in [0.3, 0.4) is 0 Å². The molecule has 1 amide bonds. The third kappa shape index (κ3) is 5.91. The summed E-state index contributed by atoms with van der Waals surface area (Å²) in [5.74, 6) is 0.144. The van der Waals surface area contributed by atoms with Crippen molar-refractivity contribution in [1.29, 1.82) is 0 Å². The summed E-state index contributed by atoms with van der Waals surface area (Å²) in [7, 11) is -3.69. The first-order chi connectivity index (χ1) is 13.9. The van der Waals surface area contributed by atoms with E-state index in [1.807, 2.05) is 18.2 Å². The highest BCUT2D eigenvalue weighted by molar-refractivity contribution is 7.92. The van der Waals surface area contributed by atoms with Crippen molar-refractivity contribution in [2.75, 3.05) is 50.0 Å². The van der Waals surface area contributed by atoms with Gasteiger partial charge < -0.3 is 14.4 Å². The van der Waals surface area contributed by atoms with E-state index in [9.17, 15) is 13.2 Å². The van der Waals surface area contributed by atoms with Crippen LogP contribution in [0.2, 0.25) is 0 Å². The maximum Gasteiger partial charge on any atom is 0.243 e. The molecule has 0 aliphatic carbocycles. The molecule has 1 aromatic heterocycles. The first kappa shape index (κ1) is 21.1. The molecule has 3 rings (SSSR count). The third-order valence-corrected chi connectivity index (χ3v) is 5.65. The lowest BCUT2D eigenvalue weighted by atomic mass is 10.2. The summed E-state index contributed by atoms with van der Waals surface area (Å²) in [4.78, 5) is 18.5. The fourth-order valence-electron chi connectivity index (χ4n) is 3.01. The maximum atomic E-state index is 12.7. The number of morpholine rings is 1. The van der Waals surface area contributed by atoms with E-state index in [-0.39, 0.29) is 12.5 Å². The van der Waals surface area contributed by atoms with Gasteiger partial charge in [-0.1, -0.05) is 18.2 Å². The summed E-state index contributed by atoms with van der Waals surface area (Å²) in [5.41, 5.74) is 1.23. The molecule has 2 heterocycles. The molecular weight excluding hydrogens is 394 g/mol. The SMILES string of the molecule is CS(=O)(=O)N(CC(=O)N1CCOCC1)c1ccccc1OCCc1ccccn1. The number of pyridine rings is 1. The van der Waals surface area contributed by atoms with E-state index in [1.165, 1.54) is 0 Å². The minimum absolute atomic E-state index is 0.262. The Hall–Kier alpha value is -2.65. The monoisotopic (exact) mass is 419 g/mol. The van der Waals surface area contributed by atoms with Gasteiger partial charge in [0.15, 0.2) is 0 Å². The van der Waals surface area contributed by atoms with Gasteiger partial charge in [-0.15, -0.1) is 0 Å². The molecule has 1 saturated heterocycles. The molecule has 8 nitrogen and oxygen atoms in total. The van der Waals surface area contributed by atoms with Crippen molar-refractivity contribution in [2.24, 2.45) is 0 Å². The molecule has 1 aromatic carbocycles. The molecule has 0 bridgehead atoms. The number of hydrogen-bond acceptors (Lipinski definition) is 6. The van der Waals surface area contributed by atoms with Crippen LogP contribution in [0.4, 0.5) is 5.69 Å². The largest absolute Gasteiger partial charge is 0.491 e. The van der Waals surface area contributed by atoms with Gasteiger partial charge in [0.05, 0.1) is 31.8 Å². The second-order valence-corrected chi connectivity index (χ2v) is 8.56.